The van der Waals surface area contributed by atoms with Crippen LogP contribution >= 0.6 is 0 Å². The van der Waals surface area contributed by atoms with Gasteiger partial charge in [0, 0.05) is 12.8 Å². The second kappa shape index (κ2) is 44.6. The van der Waals surface area contributed by atoms with Gasteiger partial charge in [-0.1, -0.05) is 205 Å². The minimum atomic E-state index is -1.02. The fourth-order valence-corrected chi connectivity index (χ4v) is 7.32. The van der Waals surface area contributed by atoms with Gasteiger partial charge in [0.2, 0.25) is 5.91 Å². The molecule has 0 aliphatic heterocycles. The summed E-state index contributed by atoms with van der Waals surface area (Å²) in [6.07, 6.45) is 54.6. The van der Waals surface area contributed by atoms with Gasteiger partial charge in [0.1, 0.15) is 12.6 Å². The average molecular weight is 774 g/mol. The highest BCUT2D eigenvalue weighted by molar-refractivity contribution is 5.80. The minimum Gasteiger partial charge on any atom is -0.480 e. The number of carboxylic acids is 1. The van der Waals surface area contributed by atoms with Crippen molar-refractivity contribution in [3.05, 3.63) is 24.3 Å². The summed E-state index contributed by atoms with van der Waals surface area (Å²) in [6, 6.07) is 0. The molecule has 0 aromatic heterocycles. The number of ether oxygens (including phenoxy) is 1. The van der Waals surface area contributed by atoms with Crippen molar-refractivity contribution in [2.75, 3.05) is 6.54 Å². The van der Waals surface area contributed by atoms with E-state index in [9.17, 15) is 14.4 Å². The lowest BCUT2D eigenvalue weighted by molar-refractivity contribution is -0.150. The van der Waals surface area contributed by atoms with Crippen molar-refractivity contribution < 1.29 is 24.2 Å². The number of carbonyl (C=O) groups is 3. The van der Waals surface area contributed by atoms with E-state index in [4.69, 9.17) is 9.84 Å². The normalized spacial score (nSPS) is 12.2. The van der Waals surface area contributed by atoms with Crippen molar-refractivity contribution in [3.63, 3.8) is 0 Å². The Kier molecular flexibility index (Phi) is 42.9. The van der Waals surface area contributed by atoms with Crippen LogP contribution in [0, 0.1) is 0 Å². The second-order valence-corrected chi connectivity index (χ2v) is 16.4. The van der Waals surface area contributed by atoms with Gasteiger partial charge >= 0.3 is 11.9 Å². The molecule has 1 atom stereocenters. The third-order valence-corrected chi connectivity index (χ3v) is 10.9. The third kappa shape index (κ3) is 44.5. The van der Waals surface area contributed by atoms with Crippen LogP contribution in [0.15, 0.2) is 24.3 Å². The van der Waals surface area contributed by atoms with E-state index < -0.39 is 5.97 Å². The smallest absolute Gasteiger partial charge is 0.322 e. The van der Waals surface area contributed by atoms with Gasteiger partial charge in [-0.3, -0.25) is 14.4 Å². The Hall–Kier alpha value is -2.11. The lowest BCUT2D eigenvalue weighted by atomic mass is 10.0. The van der Waals surface area contributed by atoms with Crippen LogP contribution in [0.3, 0.4) is 0 Å². The van der Waals surface area contributed by atoms with Gasteiger partial charge < -0.3 is 15.2 Å². The van der Waals surface area contributed by atoms with Gasteiger partial charge in [0.15, 0.2) is 0 Å². The summed E-state index contributed by atoms with van der Waals surface area (Å²) in [5.74, 6) is -1.25. The van der Waals surface area contributed by atoms with E-state index >= 15 is 0 Å². The van der Waals surface area contributed by atoms with Crippen LogP contribution in [0.4, 0.5) is 0 Å². The number of amides is 1. The van der Waals surface area contributed by atoms with Gasteiger partial charge in [0.05, 0.1) is 0 Å². The molecule has 0 radical (unpaired) electrons. The SMILES string of the molecule is CCCCCCC/C=C\C/C=C\CCCC(CCCCCCCC(=O)NCC(=O)O)OC(=O)CCCCCCCCCCCCCCCCCCCCCC. The molecule has 322 valence electrons. The van der Waals surface area contributed by atoms with Crippen LogP contribution in [0.2, 0.25) is 0 Å². The number of unbranched alkanes of at least 4 members (excludes halogenated alkanes) is 29. The first-order chi connectivity index (χ1) is 27.0. The zero-order valence-corrected chi connectivity index (χ0v) is 36.5. The van der Waals surface area contributed by atoms with Crippen LogP contribution in [-0.4, -0.2) is 35.6 Å². The third-order valence-electron chi connectivity index (χ3n) is 10.9. The summed E-state index contributed by atoms with van der Waals surface area (Å²) in [7, 11) is 0. The van der Waals surface area contributed by atoms with Crippen molar-refractivity contribution in [2.24, 2.45) is 0 Å². The summed E-state index contributed by atoms with van der Waals surface area (Å²) >= 11 is 0. The monoisotopic (exact) mass is 774 g/mol. The van der Waals surface area contributed by atoms with E-state index in [1.165, 1.54) is 154 Å². The van der Waals surface area contributed by atoms with Crippen molar-refractivity contribution in [1.29, 1.82) is 0 Å². The van der Waals surface area contributed by atoms with Crippen molar-refractivity contribution in [1.82, 2.24) is 5.32 Å². The van der Waals surface area contributed by atoms with Gasteiger partial charge in [-0.15, -0.1) is 0 Å². The molecule has 0 fully saturated rings. The first kappa shape index (κ1) is 52.9. The van der Waals surface area contributed by atoms with E-state index in [-0.39, 0.29) is 24.5 Å². The van der Waals surface area contributed by atoms with Crippen LogP contribution < -0.4 is 5.32 Å². The Morgan fingerprint density at radius 1 is 0.473 bits per heavy atom. The number of nitrogens with one attached hydrogen (secondary N) is 1. The van der Waals surface area contributed by atoms with Crippen LogP contribution in [0.25, 0.3) is 0 Å². The number of rotatable bonds is 44. The molecule has 0 aromatic rings. The number of aliphatic carboxylic acids is 1. The Morgan fingerprint density at radius 3 is 1.33 bits per heavy atom. The van der Waals surface area contributed by atoms with Gasteiger partial charge in [-0.05, 0) is 64.2 Å². The topological polar surface area (TPSA) is 92.7 Å². The first-order valence-corrected chi connectivity index (χ1v) is 24.0. The Bertz CT molecular complexity index is 900. The molecule has 0 aliphatic carbocycles. The molecule has 0 bridgehead atoms. The number of allylic oxidation sites excluding steroid dienone is 4. The van der Waals surface area contributed by atoms with E-state index in [1.807, 2.05) is 0 Å². The fraction of sp³-hybridized carbons (Fsp3) is 0.857. The maximum absolute atomic E-state index is 12.8. The van der Waals surface area contributed by atoms with Crippen molar-refractivity contribution >= 4 is 17.8 Å². The summed E-state index contributed by atoms with van der Waals surface area (Å²) in [6.45, 7) is 4.23. The van der Waals surface area contributed by atoms with E-state index in [0.29, 0.717) is 12.8 Å². The summed E-state index contributed by atoms with van der Waals surface area (Å²) in [4.78, 5) is 35.1. The molecule has 55 heavy (non-hydrogen) atoms. The number of carbonyl (C=O) groups excluding carboxylic acids is 2. The molecule has 6 nitrogen and oxygen atoms in total. The maximum Gasteiger partial charge on any atom is 0.322 e. The minimum absolute atomic E-state index is 0.0135. The number of esters is 1. The first-order valence-electron chi connectivity index (χ1n) is 24.0. The van der Waals surface area contributed by atoms with Crippen LogP contribution in [0.1, 0.15) is 258 Å². The van der Waals surface area contributed by atoms with Crippen LogP contribution in [-0.2, 0) is 19.1 Å². The van der Waals surface area contributed by atoms with Gasteiger partial charge in [-0.25, -0.2) is 0 Å². The van der Waals surface area contributed by atoms with Crippen molar-refractivity contribution in [2.45, 2.75) is 264 Å². The predicted molar refractivity (Wildman–Crippen MR) is 236 cm³/mol. The highest BCUT2D eigenvalue weighted by atomic mass is 16.5. The molecule has 0 saturated carbocycles. The lowest BCUT2D eigenvalue weighted by Gasteiger charge is -2.18. The molecular formula is C49H91NO5. The molecule has 1 amide bonds. The number of hydrogen-bond acceptors (Lipinski definition) is 4. The molecule has 1 unspecified atom stereocenters. The zero-order chi connectivity index (χ0) is 40.1. The van der Waals surface area contributed by atoms with Gasteiger partial charge in [-0.2, -0.15) is 0 Å². The number of carboxylic acid groups (broad SMARTS) is 1. The van der Waals surface area contributed by atoms with Crippen molar-refractivity contribution in [3.8, 4) is 0 Å². The molecule has 6 heteroatoms. The molecule has 0 saturated heterocycles. The molecule has 2 N–H and O–H groups in total. The Morgan fingerprint density at radius 2 is 0.855 bits per heavy atom. The average Bonchev–Trinajstić information content (AvgIpc) is 3.17. The predicted octanol–water partition coefficient (Wildman–Crippen LogP) is 15.1. The molecule has 0 rings (SSSR count). The zero-order valence-electron chi connectivity index (χ0n) is 36.5. The van der Waals surface area contributed by atoms with Gasteiger partial charge in [0.25, 0.3) is 0 Å². The highest BCUT2D eigenvalue weighted by Crippen LogP contribution is 2.18. The largest absolute Gasteiger partial charge is 0.480 e. The lowest BCUT2D eigenvalue weighted by Crippen LogP contribution is -2.28. The molecule has 0 aromatic carbocycles. The summed E-state index contributed by atoms with van der Waals surface area (Å²) in [5, 5.41) is 11.1. The van der Waals surface area contributed by atoms with E-state index in [2.05, 4.69) is 43.5 Å². The maximum atomic E-state index is 12.8. The molecular weight excluding hydrogens is 683 g/mol. The standard InChI is InChI=1S/C49H91NO5/c1-3-5-7-9-11-13-15-17-18-19-20-21-22-23-25-27-29-31-36-40-44-49(54)55-46(42-38-34-32-35-39-43-47(51)50-45-48(52)53)41-37-33-30-28-26-24-16-14-12-10-8-6-4-2/h16,24,28,30,46H,3-15,17-23,25-27,29,31-45H2,1-2H3,(H,50,51)(H,52,53)/b24-16-,30-28-. The highest BCUT2D eigenvalue weighted by Gasteiger charge is 2.14. The van der Waals surface area contributed by atoms with E-state index in [0.717, 1.165) is 77.0 Å². The Balaban J connectivity index is 4.10. The molecule has 0 aliphatic rings. The second-order valence-electron chi connectivity index (χ2n) is 16.4. The summed E-state index contributed by atoms with van der Waals surface area (Å²) in [5.41, 5.74) is 0. The molecule has 0 spiro atoms. The fourth-order valence-electron chi connectivity index (χ4n) is 7.32. The van der Waals surface area contributed by atoms with E-state index in [1.54, 1.807) is 0 Å². The summed E-state index contributed by atoms with van der Waals surface area (Å²) < 4.78 is 6.03. The number of hydrogen-bond donors (Lipinski definition) is 2. The van der Waals surface area contributed by atoms with Crippen LogP contribution in [0.5, 0.6) is 0 Å². The Labute approximate surface area is 341 Å². The molecule has 0 heterocycles. The quantitative estimate of drug-likeness (QED) is 0.0365.